The first-order valence-corrected chi connectivity index (χ1v) is 7.72. The number of hydrogen-bond acceptors (Lipinski definition) is 1. The van der Waals surface area contributed by atoms with Crippen molar-refractivity contribution in [3.63, 3.8) is 0 Å². The number of aldehydes is 1. The minimum Gasteiger partial charge on any atom is -0.343 e. The van der Waals surface area contributed by atoms with Crippen LogP contribution < -0.4 is 0 Å². The van der Waals surface area contributed by atoms with Gasteiger partial charge in [-0.05, 0) is 41.8 Å². The third kappa shape index (κ3) is 2.07. The smallest absolute Gasteiger partial charge is 0.150 e. The highest BCUT2D eigenvalue weighted by Gasteiger charge is 2.11. The van der Waals surface area contributed by atoms with Crippen LogP contribution in [0.4, 0.5) is 0 Å². The SMILES string of the molecule is Cc1cc(-c2ccc(C=O)cc2)cc2c3ccccc3n(C)c12. The van der Waals surface area contributed by atoms with Gasteiger partial charge in [-0.2, -0.15) is 0 Å². The van der Waals surface area contributed by atoms with E-state index in [1.165, 1.54) is 32.9 Å². The monoisotopic (exact) mass is 299 g/mol. The van der Waals surface area contributed by atoms with Gasteiger partial charge in [0.05, 0.1) is 5.52 Å². The number of fused-ring (bicyclic) bond motifs is 3. The molecule has 2 nitrogen and oxygen atoms in total. The van der Waals surface area contributed by atoms with Gasteiger partial charge < -0.3 is 4.57 Å². The molecule has 0 aliphatic carbocycles. The molecule has 0 aliphatic rings. The minimum absolute atomic E-state index is 0.705. The number of nitrogens with zero attached hydrogens (tertiary/aromatic N) is 1. The quantitative estimate of drug-likeness (QED) is 0.471. The largest absolute Gasteiger partial charge is 0.343 e. The van der Waals surface area contributed by atoms with E-state index in [-0.39, 0.29) is 0 Å². The molecule has 1 heterocycles. The Labute approximate surface area is 135 Å². The highest BCUT2D eigenvalue weighted by Crippen LogP contribution is 2.34. The van der Waals surface area contributed by atoms with Crippen LogP contribution in [0, 0.1) is 6.92 Å². The Balaban J connectivity index is 2.02. The van der Waals surface area contributed by atoms with Gasteiger partial charge in [0.25, 0.3) is 0 Å². The highest BCUT2D eigenvalue weighted by molar-refractivity contribution is 6.10. The standard InChI is InChI=1S/C21H17NO/c1-14-11-17(16-9-7-15(13-23)8-10-16)12-19-18-5-3-4-6-20(18)22(2)21(14)19/h3-13H,1-2H3. The Morgan fingerprint density at radius 2 is 1.61 bits per heavy atom. The van der Waals surface area contributed by atoms with Crippen molar-refractivity contribution < 1.29 is 4.79 Å². The number of para-hydroxylation sites is 1. The molecule has 0 aliphatic heterocycles. The fourth-order valence-electron chi connectivity index (χ4n) is 3.47. The van der Waals surface area contributed by atoms with E-state index in [9.17, 15) is 4.79 Å². The lowest BCUT2D eigenvalue weighted by Gasteiger charge is -2.07. The van der Waals surface area contributed by atoms with Gasteiger partial charge in [-0.25, -0.2) is 0 Å². The number of carbonyl (C=O) groups is 1. The lowest BCUT2D eigenvalue weighted by atomic mass is 9.99. The summed E-state index contributed by atoms with van der Waals surface area (Å²) < 4.78 is 2.26. The van der Waals surface area contributed by atoms with Gasteiger partial charge in [-0.3, -0.25) is 4.79 Å². The molecule has 0 atom stereocenters. The van der Waals surface area contributed by atoms with E-state index >= 15 is 0 Å². The van der Waals surface area contributed by atoms with Crippen molar-refractivity contribution >= 4 is 28.1 Å². The summed E-state index contributed by atoms with van der Waals surface area (Å²) in [5.41, 5.74) is 6.81. The van der Waals surface area contributed by atoms with Crippen LogP contribution in [0.1, 0.15) is 15.9 Å². The van der Waals surface area contributed by atoms with E-state index in [0.717, 1.165) is 11.8 Å². The van der Waals surface area contributed by atoms with Crippen molar-refractivity contribution in [3.8, 4) is 11.1 Å². The summed E-state index contributed by atoms with van der Waals surface area (Å²) in [6, 6.07) is 20.7. The second-order valence-electron chi connectivity index (χ2n) is 6.01. The minimum atomic E-state index is 0.705. The Hall–Kier alpha value is -2.87. The predicted octanol–water partition coefficient (Wildman–Crippen LogP) is 5.12. The summed E-state index contributed by atoms with van der Waals surface area (Å²) in [6.45, 7) is 2.16. The van der Waals surface area contributed by atoms with Crippen LogP contribution in [0.15, 0.2) is 60.7 Å². The summed E-state index contributed by atoms with van der Waals surface area (Å²) in [6.07, 6.45) is 0.878. The second kappa shape index (κ2) is 5.10. The van der Waals surface area contributed by atoms with Crippen molar-refractivity contribution in [1.29, 1.82) is 0 Å². The predicted molar refractivity (Wildman–Crippen MR) is 96.0 cm³/mol. The molecule has 3 aromatic carbocycles. The molecule has 23 heavy (non-hydrogen) atoms. The zero-order valence-electron chi connectivity index (χ0n) is 13.2. The molecule has 0 saturated heterocycles. The van der Waals surface area contributed by atoms with Gasteiger partial charge in [0, 0.05) is 28.9 Å². The van der Waals surface area contributed by atoms with Gasteiger partial charge in [0.1, 0.15) is 6.29 Å². The summed E-state index contributed by atoms with van der Waals surface area (Å²) in [5, 5.41) is 2.55. The molecule has 1 aromatic heterocycles. The molecule has 0 saturated carbocycles. The summed E-state index contributed by atoms with van der Waals surface area (Å²) in [5.74, 6) is 0. The lowest BCUT2D eigenvalue weighted by molar-refractivity contribution is 0.112. The van der Waals surface area contributed by atoms with E-state index in [4.69, 9.17) is 0 Å². The molecule has 0 spiro atoms. The zero-order valence-corrected chi connectivity index (χ0v) is 13.2. The Bertz CT molecular complexity index is 1040. The fourth-order valence-corrected chi connectivity index (χ4v) is 3.47. The molecule has 0 radical (unpaired) electrons. The molecule has 0 N–H and O–H groups in total. The third-order valence-corrected chi connectivity index (χ3v) is 4.57. The van der Waals surface area contributed by atoms with E-state index in [1.54, 1.807) is 0 Å². The zero-order chi connectivity index (χ0) is 16.0. The molecule has 0 bridgehead atoms. The normalized spacial score (nSPS) is 11.2. The molecular weight excluding hydrogens is 282 g/mol. The van der Waals surface area contributed by atoms with E-state index < -0.39 is 0 Å². The maximum Gasteiger partial charge on any atom is 0.150 e. The van der Waals surface area contributed by atoms with Gasteiger partial charge >= 0.3 is 0 Å². The molecule has 4 rings (SSSR count). The summed E-state index contributed by atoms with van der Waals surface area (Å²) in [4.78, 5) is 10.8. The van der Waals surface area contributed by atoms with Crippen molar-refractivity contribution in [1.82, 2.24) is 4.57 Å². The Morgan fingerprint density at radius 1 is 0.870 bits per heavy atom. The average molecular weight is 299 g/mol. The van der Waals surface area contributed by atoms with Gasteiger partial charge in [-0.1, -0.05) is 42.5 Å². The molecular formula is C21H17NO. The number of aryl methyl sites for hydroxylation is 2. The maximum absolute atomic E-state index is 10.8. The van der Waals surface area contributed by atoms with E-state index in [0.29, 0.717) is 5.56 Å². The number of rotatable bonds is 2. The fraction of sp³-hybridized carbons (Fsp3) is 0.0952. The van der Waals surface area contributed by atoms with Crippen molar-refractivity contribution in [3.05, 3.63) is 71.8 Å². The van der Waals surface area contributed by atoms with Crippen molar-refractivity contribution in [2.24, 2.45) is 7.05 Å². The lowest BCUT2D eigenvalue weighted by Crippen LogP contribution is -1.90. The summed E-state index contributed by atoms with van der Waals surface area (Å²) in [7, 11) is 2.12. The van der Waals surface area contributed by atoms with E-state index in [1.807, 2.05) is 24.3 Å². The van der Waals surface area contributed by atoms with Crippen LogP contribution >= 0.6 is 0 Å². The van der Waals surface area contributed by atoms with Gasteiger partial charge in [0.15, 0.2) is 0 Å². The molecule has 112 valence electrons. The first kappa shape index (κ1) is 13.8. The third-order valence-electron chi connectivity index (χ3n) is 4.57. The van der Waals surface area contributed by atoms with Crippen LogP contribution in [-0.4, -0.2) is 10.9 Å². The first-order valence-electron chi connectivity index (χ1n) is 7.72. The maximum atomic E-state index is 10.8. The van der Waals surface area contributed by atoms with Gasteiger partial charge in [0.2, 0.25) is 0 Å². The van der Waals surface area contributed by atoms with Crippen molar-refractivity contribution in [2.75, 3.05) is 0 Å². The van der Waals surface area contributed by atoms with Crippen molar-refractivity contribution in [2.45, 2.75) is 6.92 Å². The molecule has 0 unspecified atom stereocenters. The highest BCUT2D eigenvalue weighted by atomic mass is 16.1. The van der Waals surface area contributed by atoms with Crippen LogP contribution in [0.25, 0.3) is 32.9 Å². The van der Waals surface area contributed by atoms with Gasteiger partial charge in [-0.15, -0.1) is 0 Å². The Morgan fingerprint density at radius 3 is 2.35 bits per heavy atom. The second-order valence-corrected chi connectivity index (χ2v) is 6.01. The number of hydrogen-bond donors (Lipinski definition) is 0. The first-order chi connectivity index (χ1) is 11.2. The summed E-state index contributed by atoms with van der Waals surface area (Å²) >= 11 is 0. The number of aromatic nitrogens is 1. The molecule has 0 fully saturated rings. The Kier molecular flexibility index (Phi) is 3.05. The molecule has 4 aromatic rings. The topological polar surface area (TPSA) is 22.0 Å². The van der Waals surface area contributed by atoms with Crippen LogP contribution in [-0.2, 0) is 7.05 Å². The van der Waals surface area contributed by atoms with E-state index in [2.05, 4.69) is 54.9 Å². The average Bonchev–Trinajstić information content (AvgIpc) is 2.89. The molecule has 0 amide bonds. The number of carbonyl (C=O) groups excluding carboxylic acids is 1. The molecule has 2 heteroatoms. The van der Waals surface area contributed by atoms with Crippen LogP contribution in [0.3, 0.4) is 0 Å². The van der Waals surface area contributed by atoms with Crippen LogP contribution in [0.5, 0.6) is 0 Å². The number of benzene rings is 3. The van der Waals surface area contributed by atoms with Crippen LogP contribution in [0.2, 0.25) is 0 Å².